The molecule has 1 aliphatic rings. The van der Waals surface area contributed by atoms with Crippen molar-refractivity contribution in [2.45, 2.75) is 0 Å². The number of ether oxygens (including phenoxy) is 1. The van der Waals surface area contributed by atoms with Gasteiger partial charge in [-0.05, 0) is 53.4 Å². The van der Waals surface area contributed by atoms with Gasteiger partial charge >= 0.3 is 23.2 Å². The van der Waals surface area contributed by atoms with Crippen LogP contribution in [0, 0.1) is 0 Å². The lowest BCUT2D eigenvalue weighted by Gasteiger charge is -2.23. The van der Waals surface area contributed by atoms with Gasteiger partial charge in [0.2, 0.25) is 0 Å². The highest BCUT2D eigenvalue weighted by molar-refractivity contribution is 9.13. The number of carbonyl (C=O) groups excluding carboxylic acids is 2. The first kappa shape index (κ1) is 18.2. The van der Waals surface area contributed by atoms with E-state index in [-0.39, 0.29) is 27.3 Å². The molecule has 0 unspecified atom stereocenters. The molecule has 0 radical (unpaired) electrons. The van der Waals surface area contributed by atoms with Crippen LogP contribution in [0.1, 0.15) is 20.7 Å². The van der Waals surface area contributed by atoms with Crippen molar-refractivity contribution >= 4 is 97.7 Å². The molecule has 8 heteroatoms. The predicted octanol–water partition coefficient (Wildman–Crippen LogP) is 5.48. The number of halogens is 2. The van der Waals surface area contributed by atoms with Crippen LogP contribution in [0.2, 0.25) is 0 Å². The second-order valence-corrected chi connectivity index (χ2v) is 9.28. The Labute approximate surface area is 193 Å². The summed E-state index contributed by atoms with van der Waals surface area (Å²) in [4.78, 5) is 51.2. The topological polar surface area (TPSA) is 90.7 Å². The van der Waals surface area contributed by atoms with E-state index in [1.807, 2.05) is 36.4 Å². The Bertz CT molecular complexity index is 2000. The van der Waals surface area contributed by atoms with Gasteiger partial charge in [0.15, 0.2) is 0 Å². The first-order valence-electron chi connectivity index (χ1n) is 9.50. The van der Waals surface area contributed by atoms with Crippen LogP contribution >= 0.6 is 31.9 Å². The summed E-state index contributed by atoms with van der Waals surface area (Å²) in [6.45, 7) is 0. The SMILES string of the molecule is O=C1OC(=O)c2c3c1c(Br)c(Br)c1c4cccc5cccc(c54)c(c4c(=O)oc(=O)c24)c31. The Hall–Kier alpha value is -3.36. The molecule has 0 bridgehead atoms. The van der Waals surface area contributed by atoms with Crippen molar-refractivity contribution in [2.24, 2.45) is 0 Å². The minimum atomic E-state index is -0.978. The molecule has 6 nitrogen and oxygen atoms in total. The number of benzene rings is 5. The molecule has 0 saturated heterocycles. The quantitative estimate of drug-likeness (QED) is 0.108. The molecule has 0 amide bonds. The molecule has 0 spiro atoms. The summed E-state index contributed by atoms with van der Waals surface area (Å²) >= 11 is 7.10. The van der Waals surface area contributed by atoms with Crippen LogP contribution in [0.4, 0.5) is 0 Å². The fraction of sp³-hybridized carbons (Fsp3) is 0. The summed E-state index contributed by atoms with van der Waals surface area (Å²) in [5.74, 6) is -1.81. The number of hydrogen-bond acceptors (Lipinski definition) is 6. The van der Waals surface area contributed by atoms with Gasteiger partial charge in [-0.15, -0.1) is 0 Å². The van der Waals surface area contributed by atoms with Crippen LogP contribution in [-0.2, 0) is 4.74 Å². The number of rotatable bonds is 0. The van der Waals surface area contributed by atoms with E-state index >= 15 is 0 Å². The van der Waals surface area contributed by atoms with Gasteiger partial charge in [-0.3, -0.25) is 0 Å². The molecule has 6 aromatic rings. The van der Waals surface area contributed by atoms with E-state index in [9.17, 15) is 19.2 Å². The molecule has 1 aromatic heterocycles. The number of carbonyl (C=O) groups is 2. The van der Waals surface area contributed by atoms with Crippen molar-refractivity contribution in [3.63, 3.8) is 0 Å². The summed E-state index contributed by atoms with van der Waals surface area (Å²) < 4.78 is 10.9. The van der Waals surface area contributed by atoms with E-state index in [2.05, 4.69) is 31.9 Å². The average Bonchev–Trinajstić information content (AvgIpc) is 3.06. The van der Waals surface area contributed by atoms with Crippen molar-refractivity contribution in [2.75, 3.05) is 0 Å². The van der Waals surface area contributed by atoms with E-state index < -0.39 is 23.2 Å². The molecule has 32 heavy (non-hydrogen) atoms. The Morgan fingerprint density at radius 1 is 0.562 bits per heavy atom. The van der Waals surface area contributed by atoms with Crippen LogP contribution in [0.5, 0.6) is 0 Å². The second-order valence-electron chi connectivity index (χ2n) is 7.69. The second kappa shape index (κ2) is 5.70. The lowest BCUT2D eigenvalue weighted by molar-refractivity contribution is 0.0392. The fourth-order valence-electron chi connectivity index (χ4n) is 5.15. The smallest absolute Gasteiger partial charge is 0.347 e. The zero-order valence-electron chi connectivity index (χ0n) is 15.7. The third-order valence-corrected chi connectivity index (χ3v) is 8.38. The van der Waals surface area contributed by atoms with Gasteiger partial charge < -0.3 is 9.15 Å². The van der Waals surface area contributed by atoms with Crippen molar-refractivity contribution in [3.8, 4) is 0 Å². The number of hydrogen-bond donors (Lipinski definition) is 0. The number of cyclic esters (lactones) is 2. The third-order valence-electron chi connectivity index (χ3n) is 6.26. The van der Waals surface area contributed by atoms with Crippen molar-refractivity contribution in [1.82, 2.24) is 0 Å². The molecular weight excluding hydrogens is 544 g/mol. The maximum Gasteiger partial charge on any atom is 0.347 e. The molecule has 5 aromatic carbocycles. The zero-order valence-corrected chi connectivity index (χ0v) is 18.8. The van der Waals surface area contributed by atoms with Gasteiger partial charge in [-0.1, -0.05) is 36.4 Å². The first-order chi connectivity index (χ1) is 15.4. The Morgan fingerprint density at radius 2 is 1.19 bits per heavy atom. The van der Waals surface area contributed by atoms with E-state index in [0.29, 0.717) is 25.1 Å². The molecule has 7 rings (SSSR count). The van der Waals surface area contributed by atoms with Gasteiger partial charge in [-0.2, -0.15) is 0 Å². The average molecular weight is 550 g/mol. The lowest BCUT2D eigenvalue weighted by Crippen LogP contribution is -2.22. The van der Waals surface area contributed by atoms with E-state index in [0.717, 1.165) is 21.5 Å². The maximum atomic E-state index is 12.9. The lowest BCUT2D eigenvalue weighted by atomic mass is 9.83. The Balaban J connectivity index is 2.07. The van der Waals surface area contributed by atoms with Gasteiger partial charge in [0.05, 0.1) is 21.9 Å². The van der Waals surface area contributed by atoms with Gasteiger partial charge in [0, 0.05) is 30.5 Å². The monoisotopic (exact) mass is 548 g/mol. The van der Waals surface area contributed by atoms with Crippen LogP contribution in [0.15, 0.2) is 59.3 Å². The predicted molar refractivity (Wildman–Crippen MR) is 126 cm³/mol. The van der Waals surface area contributed by atoms with Crippen LogP contribution < -0.4 is 11.3 Å². The normalized spacial score (nSPS) is 13.9. The Morgan fingerprint density at radius 3 is 1.91 bits per heavy atom. The zero-order chi connectivity index (χ0) is 22.0. The molecule has 0 atom stereocenters. The maximum absolute atomic E-state index is 12.9. The van der Waals surface area contributed by atoms with Crippen molar-refractivity contribution < 1.29 is 18.7 Å². The molecule has 152 valence electrons. The summed E-state index contributed by atoms with van der Waals surface area (Å²) in [6, 6.07) is 11.5. The minimum absolute atomic E-state index is 0.0206. The van der Waals surface area contributed by atoms with Crippen LogP contribution in [0.3, 0.4) is 0 Å². The van der Waals surface area contributed by atoms with Crippen molar-refractivity contribution in [3.05, 3.63) is 77.3 Å². The third kappa shape index (κ3) is 1.88. The summed E-state index contributed by atoms with van der Waals surface area (Å²) in [5, 5.41) is 5.32. The molecule has 0 N–H and O–H groups in total. The van der Waals surface area contributed by atoms with Gasteiger partial charge in [0.25, 0.3) is 0 Å². The van der Waals surface area contributed by atoms with E-state index in [1.54, 1.807) is 0 Å². The summed E-state index contributed by atoms with van der Waals surface area (Å²) in [7, 11) is 0. The van der Waals surface area contributed by atoms with E-state index in [4.69, 9.17) is 9.15 Å². The number of esters is 2. The fourth-order valence-corrected chi connectivity index (χ4v) is 6.31. The Kier molecular flexibility index (Phi) is 3.25. The molecule has 0 aliphatic carbocycles. The molecular formula is C24H6Br2O6. The summed E-state index contributed by atoms with van der Waals surface area (Å²) in [5.41, 5.74) is -1.76. The summed E-state index contributed by atoms with van der Waals surface area (Å²) in [6.07, 6.45) is 0. The van der Waals surface area contributed by atoms with E-state index in [1.165, 1.54) is 0 Å². The highest BCUT2D eigenvalue weighted by Gasteiger charge is 2.37. The highest BCUT2D eigenvalue weighted by Crippen LogP contribution is 2.51. The van der Waals surface area contributed by atoms with Gasteiger partial charge in [0.1, 0.15) is 0 Å². The number of fused-ring (bicyclic) bond motifs is 5. The largest absolute Gasteiger partial charge is 0.386 e. The van der Waals surface area contributed by atoms with Crippen molar-refractivity contribution in [1.29, 1.82) is 0 Å². The van der Waals surface area contributed by atoms with Crippen LogP contribution in [0.25, 0.3) is 53.9 Å². The van der Waals surface area contributed by atoms with Gasteiger partial charge in [-0.25, -0.2) is 19.2 Å². The molecule has 1 aliphatic heterocycles. The highest BCUT2D eigenvalue weighted by atomic mass is 79.9. The van der Waals surface area contributed by atoms with Crippen LogP contribution in [-0.4, -0.2) is 11.9 Å². The number of furan rings is 1. The minimum Gasteiger partial charge on any atom is -0.386 e. The standard InChI is InChI=1S/C24H6Br2O6/c25-19-12-9-6-2-4-7-3-1-5-8(10(7)9)11-13(12)14-16(17-15(11)21(27)31-23(17)29)22(28)32-24(30)18(14)20(19)26/h1-6H. The molecule has 0 saturated carbocycles. The first-order valence-corrected chi connectivity index (χ1v) is 11.1. The molecule has 0 fully saturated rings. The molecule has 2 heterocycles.